The number of hydrogen-bond acceptors (Lipinski definition) is 7. The Hall–Kier alpha value is -1.97. The van der Waals surface area contributed by atoms with E-state index in [1.54, 1.807) is 17.4 Å². The average molecular weight is 410 g/mol. The minimum absolute atomic E-state index is 0.247. The molecule has 1 saturated heterocycles. The highest BCUT2D eigenvalue weighted by molar-refractivity contribution is 7.90. The zero-order chi connectivity index (χ0) is 19.4. The van der Waals surface area contributed by atoms with Crippen LogP contribution in [0.15, 0.2) is 40.6 Å². The molecule has 9 heteroatoms. The molecular formula is C18H23N3O4S2. The van der Waals surface area contributed by atoms with Crippen molar-refractivity contribution in [2.75, 3.05) is 31.2 Å². The van der Waals surface area contributed by atoms with E-state index in [0.29, 0.717) is 12.5 Å². The van der Waals surface area contributed by atoms with Crippen LogP contribution in [0, 0.1) is 16.0 Å². The van der Waals surface area contributed by atoms with Gasteiger partial charge in [0.05, 0.1) is 4.92 Å². The van der Waals surface area contributed by atoms with Crippen molar-refractivity contribution in [2.24, 2.45) is 5.92 Å². The normalized spacial score (nSPS) is 16.3. The molecule has 0 saturated carbocycles. The summed E-state index contributed by atoms with van der Waals surface area (Å²) in [5.74, 6) is 0.408. The lowest BCUT2D eigenvalue weighted by Gasteiger charge is -2.31. The zero-order valence-corrected chi connectivity index (χ0v) is 16.8. The molecule has 146 valence electrons. The molecule has 0 bridgehead atoms. The number of likely N-dealkylation sites (tertiary alicyclic amines) is 1. The number of nitrogens with zero attached hydrogens (tertiary/aromatic N) is 2. The molecule has 0 spiro atoms. The molecule has 3 rings (SSSR count). The first kappa shape index (κ1) is 19.8. The molecule has 1 aromatic carbocycles. The summed E-state index contributed by atoms with van der Waals surface area (Å²) in [5.41, 5.74) is -0.0981. The smallest absolute Gasteiger partial charge is 0.310 e. The summed E-state index contributed by atoms with van der Waals surface area (Å²) in [7, 11) is -3.66. The minimum Gasteiger partial charge on any atom is -0.379 e. The Kier molecular flexibility index (Phi) is 6.13. The average Bonchev–Trinajstić information content (AvgIpc) is 3.13. The molecule has 2 heterocycles. The zero-order valence-electron chi connectivity index (χ0n) is 15.1. The van der Waals surface area contributed by atoms with Gasteiger partial charge < -0.3 is 5.32 Å². The molecule has 1 aliphatic heterocycles. The van der Waals surface area contributed by atoms with Crippen molar-refractivity contribution in [3.8, 4) is 0 Å². The van der Waals surface area contributed by atoms with Crippen molar-refractivity contribution in [2.45, 2.75) is 24.3 Å². The highest BCUT2D eigenvalue weighted by Gasteiger charge is 2.27. The van der Waals surface area contributed by atoms with Crippen molar-refractivity contribution in [1.82, 2.24) is 4.90 Å². The SMILES string of the molecule is CS(=O)(=O)c1cccc(NCC2CCN(Cc3cccs3)CC2)c1[N+](=O)[O-]. The maximum Gasteiger partial charge on any atom is 0.310 e. The van der Waals surface area contributed by atoms with Gasteiger partial charge in [-0.05, 0) is 55.4 Å². The Bertz CT molecular complexity index is 889. The van der Waals surface area contributed by atoms with E-state index in [1.807, 2.05) is 0 Å². The Labute approximate surface area is 163 Å². The molecular weight excluding hydrogens is 386 g/mol. The molecule has 0 aliphatic carbocycles. The first-order valence-electron chi connectivity index (χ1n) is 8.80. The fraction of sp³-hybridized carbons (Fsp3) is 0.444. The maximum absolute atomic E-state index is 11.8. The van der Waals surface area contributed by atoms with E-state index >= 15 is 0 Å². The lowest BCUT2D eigenvalue weighted by molar-refractivity contribution is -0.386. The molecule has 0 radical (unpaired) electrons. The van der Waals surface area contributed by atoms with Gasteiger partial charge in [0.2, 0.25) is 0 Å². The largest absolute Gasteiger partial charge is 0.379 e. The summed E-state index contributed by atoms with van der Waals surface area (Å²) in [6.45, 7) is 3.56. The Balaban J connectivity index is 1.60. The quantitative estimate of drug-likeness (QED) is 0.557. The Morgan fingerprint density at radius 2 is 2.00 bits per heavy atom. The summed E-state index contributed by atoms with van der Waals surface area (Å²) in [6.07, 6.45) is 3.01. The van der Waals surface area contributed by atoms with E-state index in [4.69, 9.17) is 0 Å². The molecule has 7 nitrogen and oxygen atoms in total. The molecule has 1 aliphatic rings. The number of rotatable bonds is 7. The van der Waals surface area contributed by atoms with Crippen LogP contribution in [0.1, 0.15) is 17.7 Å². The summed E-state index contributed by atoms with van der Waals surface area (Å²) in [5, 5.41) is 16.6. The number of nitro benzene ring substituents is 1. The highest BCUT2D eigenvalue weighted by atomic mass is 32.2. The van der Waals surface area contributed by atoms with Crippen LogP contribution >= 0.6 is 11.3 Å². The topological polar surface area (TPSA) is 92.6 Å². The van der Waals surface area contributed by atoms with Crippen LogP contribution in [0.4, 0.5) is 11.4 Å². The van der Waals surface area contributed by atoms with E-state index in [-0.39, 0.29) is 16.3 Å². The van der Waals surface area contributed by atoms with Gasteiger partial charge in [0.15, 0.2) is 9.84 Å². The fourth-order valence-corrected chi connectivity index (χ4v) is 4.99. The molecule has 1 aromatic heterocycles. The van der Waals surface area contributed by atoms with E-state index in [0.717, 1.165) is 38.7 Å². The van der Waals surface area contributed by atoms with Gasteiger partial charge in [-0.15, -0.1) is 11.3 Å². The minimum atomic E-state index is -3.66. The van der Waals surface area contributed by atoms with Gasteiger partial charge in [0.1, 0.15) is 10.6 Å². The van der Waals surface area contributed by atoms with Crippen LogP contribution in [-0.4, -0.2) is 44.1 Å². The van der Waals surface area contributed by atoms with Crippen LogP contribution < -0.4 is 5.32 Å². The van der Waals surface area contributed by atoms with Gasteiger partial charge in [0, 0.05) is 24.2 Å². The standard InChI is InChI=1S/C18H23N3O4S2/c1-27(24,25)17-6-2-5-16(18(17)21(22)23)19-12-14-7-9-20(10-8-14)13-15-4-3-11-26-15/h2-6,11,14,19H,7-10,12-13H2,1H3. The summed E-state index contributed by atoms with van der Waals surface area (Å²) < 4.78 is 23.7. The number of nitro groups is 1. The number of para-hydroxylation sites is 1. The molecule has 2 aromatic rings. The predicted octanol–water partition coefficient (Wildman–Crippen LogP) is 3.38. The second kappa shape index (κ2) is 8.37. The van der Waals surface area contributed by atoms with Crippen LogP contribution in [0.3, 0.4) is 0 Å². The monoisotopic (exact) mass is 409 g/mol. The third kappa shape index (κ3) is 5.06. The Morgan fingerprint density at radius 3 is 2.59 bits per heavy atom. The lowest BCUT2D eigenvalue weighted by Crippen LogP contribution is -2.35. The van der Waals surface area contributed by atoms with Gasteiger partial charge in [-0.2, -0.15) is 0 Å². The molecule has 0 unspecified atom stereocenters. The van der Waals surface area contributed by atoms with Crippen molar-refractivity contribution < 1.29 is 13.3 Å². The second-order valence-electron chi connectivity index (χ2n) is 6.86. The van der Waals surface area contributed by atoms with Crippen LogP contribution in [-0.2, 0) is 16.4 Å². The third-order valence-electron chi connectivity index (χ3n) is 4.83. The van der Waals surface area contributed by atoms with Gasteiger partial charge in [-0.1, -0.05) is 12.1 Å². The number of benzene rings is 1. The van der Waals surface area contributed by atoms with Gasteiger partial charge >= 0.3 is 5.69 Å². The second-order valence-corrected chi connectivity index (χ2v) is 9.88. The van der Waals surface area contributed by atoms with Gasteiger partial charge in [-0.25, -0.2) is 8.42 Å². The highest BCUT2D eigenvalue weighted by Crippen LogP contribution is 2.32. The molecule has 1 N–H and O–H groups in total. The Morgan fingerprint density at radius 1 is 1.26 bits per heavy atom. The van der Waals surface area contributed by atoms with E-state index in [9.17, 15) is 18.5 Å². The van der Waals surface area contributed by atoms with Crippen LogP contribution in [0.5, 0.6) is 0 Å². The van der Waals surface area contributed by atoms with Crippen molar-refractivity contribution in [3.63, 3.8) is 0 Å². The third-order valence-corrected chi connectivity index (χ3v) is 6.82. The van der Waals surface area contributed by atoms with Gasteiger partial charge in [0.25, 0.3) is 0 Å². The number of anilines is 1. The first-order chi connectivity index (χ1) is 12.8. The number of thiophene rings is 1. The van der Waals surface area contributed by atoms with E-state index in [1.165, 1.54) is 17.0 Å². The van der Waals surface area contributed by atoms with Crippen LogP contribution in [0.2, 0.25) is 0 Å². The summed E-state index contributed by atoms with van der Waals surface area (Å²) in [4.78, 5) is 14.3. The van der Waals surface area contributed by atoms with E-state index in [2.05, 4.69) is 27.7 Å². The number of sulfone groups is 1. The maximum atomic E-state index is 11.8. The lowest BCUT2D eigenvalue weighted by atomic mass is 9.96. The predicted molar refractivity (Wildman–Crippen MR) is 107 cm³/mol. The number of piperidine rings is 1. The first-order valence-corrected chi connectivity index (χ1v) is 11.6. The van der Waals surface area contributed by atoms with Gasteiger partial charge in [-0.3, -0.25) is 15.0 Å². The summed E-state index contributed by atoms with van der Waals surface area (Å²) >= 11 is 1.77. The molecule has 0 amide bonds. The molecule has 1 fully saturated rings. The molecule has 27 heavy (non-hydrogen) atoms. The van der Waals surface area contributed by atoms with Crippen molar-refractivity contribution in [3.05, 3.63) is 50.7 Å². The number of hydrogen-bond donors (Lipinski definition) is 1. The van der Waals surface area contributed by atoms with Crippen molar-refractivity contribution >= 4 is 32.5 Å². The number of nitrogens with one attached hydrogen (secondary N) is 1. The fourth-order valence-electron chi connectivity index (χ4n) is 3.38. The molecule has 0 atom stereocenters. The summed E-state index contributed by atoms with van der Waals surface area (Å²) in [6, 6.07) is 8.59. The van der Waals surface area contributed by atoms with E-state index < -0.39 is 14.8 Å². The van der Waals surface area contributed by atoms with Crippen molar-refractivity contribution in [1.29, 1.82) is 0 Å². The van der Waals surface area contributed by atoms with Crippen LogP contribution in [0.25, 0.3) is 0 Å².